The molecule has 1 aliphatic heterocycles. The van der Waals surface area contributed by atoms with Crippen LogP contribution in [0.3, 0.4) is 0 Å². The summed E-state index contributed by atoms with van der Waals surface area (Å²) in [5, 5.41) is 18.1. The lowest BCUT2D eigenvalue weighted by Crippen LogP contribution is -2.13. The van der Waals surface area contributed by atoms with Crippen LogP contribution in [0.1, 0.15) is 18.9 Å². The molecule has 2 N–H and O–H groups in total. The standard InChI is InChI=1S/C13H15NO2/c1-13(8-6-11(14-13)7-9-15)10-2-4-12(16)5-3-10/h2-6,8,15-16H,7,9H2,1H3. The Morgan fingerprint density at radius 3 is 2.56 bits per heavy atom. The molecule has 0 saturated carbocycles. The number of nitrogens with zero attached hydrogens (tertiary/aromatic N) is 1. The fraction of sp³-hybridized carbons (Fsp3) is 0.308. The van der Waals surface area contributed by atoms with Crippen LogP contribution in [0.5, 0.6) is 5.75 Å². The van der Waals surface area contributed by atoms with E-state index in [9.17, 15) is 5.11 Å². The molecule has 84 valence electrons. The van der Waals surface area contributed by atoms with E-state index in [1.807, 2.05) is 31.2 Å². The van der Waals surface area contributed by atoms with Crippen molar-refractivity contribution in [3.8, 4) is 5.75 Å². The van der Waals surface area contributed by atoms with E-state index in [1.54, 1.807) is 12.1 Å². The van der Waals surface area contributed by atoms with Gasteiger partial charge in [0.2, 0.25) is 0 Å². The molecule has 0 aromatic heterocycles. The SMILES string of the molecule is CC1(c2ccc(O)cc2)C=CC(CCO)=N1. The third-order valence-electron chi connectivity index (χ3n) is 2.80. The van der Waals surface area contributed by atoms with Gasteiger partial charge in [-0.05, 0) is 30.7 Å². The molecular weight excluding hydrogens is 202 g/mol. The Bertz CT molecular complexity index is 434. The molecule has 1 unspecified atom stereocenters. The van der Waals surface area contributed by atoms with Crippen molar-refractivity contribution in [3.63, 3.8) is 0 Å². The molecule has 0 amide bonds. The molecule has 1 atom stereocenters. The van der Waals surface area contributed by atoms with Gasteiger partial charge in [0.15, 0.2) is 0 Å². The Labute approximate surface area is 94.8 Å². The van der Waals surface area contributed by atoms with Gasteiger partial charge in [-0.25, -0.2) is 0 Å². The second kappa shape index (κ2) is 4.10. The van der Waals surface area contributed by atoms with Crippen LogP contribution in [-0.2, 0) is 5.54 Å². The molecular formula is C13H15NO2. The summed E-state index contributed by atoms with van der Waals surface area (Å²) in [5.41, 5.74) is 1.59. The molecule has 0 fully saturated rings. The maximum atomic E-state index is 9.23. The second-order valence-corrected chi connectivity index (χ2v) is 4.10. The number of rotatable bonds is 3. The predicted molar refractivity (Wildman–Crippen MR) is 63.7 cm³/mol. The fourth-order valence-electron chi connectivity index (χ4n) is 1.84. The van der Waals surface area contributed by atoms with Gasteiger partial charge in [-0.1, -0.05) is 18.2 Å². The van der Waals surface area contributed by atoms with Crippen molar-refractivity contribution in [2.45, 2.75) is 18.9 Å². The highest BCUT2D eigenvalue weighted by Gasteiger charge is 2.26. The van der Waals surface area contributed by atoms with Gasteiger partial charge < -0.3 is 10.2 Å². The number of aliphatic imine (C=N–C) groups is 1. The molecule has 0 spiro atoms. The van der Waals surface area contributed by atoms with Crippen molar-refractivity contribution in [3.05, 3.63) is 42.0 Å². The highest BCUT2D eigenvalue weighted by molar-refractivity contribution is 5.97. The maximum Gasteiger partial charge on any atom is 0.115 e. The number of aromatic hydroxyl groups is 1. The third-order valence-corrected chi connectivity index (χ3v) is 2.80. The van der Waals surface area contributed by atoms with Crippen LogP contribution in [0.25, 0.3) is 0 Å². The van der Waals surface area contributed by atoms with Gasteiger partial charge in [-0.2, -0.15) is 0 Å². The molecule has 0 radical (unpaired) electrons. The van der Waals surface area contributed by atoms with E-state index in [1.165, 1.54) is 0 Å². The van der Waals surface area contributed by atoms with Gasteiger partial charge in [0.05, 0.1) is 0 Å². The number of hydrogen-bond donors (Lipinski definition) is 2. The normalized spacial score (nSPS) is 23.5. The minimum atomic E-state index is -0.363. The summed E-state index contributed by atoms with van der Waals surface area (Å²) >= 11 is 0. The maximum absolute atomic E-state index is 9.23. The Kier molecular flexibility index (Phi) is 2.79. The van der Waals surface area contributed by atoms with Gasteiger partial charge in [-0.3, -0.25) is 4.99 Å². The van der Waals surface area contributed by atoms with Crippen LogP contribution >= 0.6 is 0 Å². The first kappa shape index (κ1) is 10.9. The predicted octanol–water partition coefficient (Wildman–Crippen LogP) is 2.00. The summed E-state index contributed by atoms with van der Waals surface area (Å²) in [6, 6.07) is 7.05. The van der Waals surface area contributed by atoms with Crippen LogP contribution in [0.15, 0.2) is 41.4 Å². The van der Waals surface area contributed by atoms with Gasteiger partial charge >= 0.3 is 0 Å². The molecule has 0 aliphatic carbocycles. The van der Waals surface area contributed by atoms with E-state index in [0.29, 0.717) is 6.42 Å². The minimum absolute atomic E-state index is 0.120. The summed E-state index contributed by atoms with van der Waals surface area (Å²) in [4.78, 5) is 4.57. The van der Waals surface area contributed by atoms with Gasteiger partial charge in [0.25, 0.3) is 0 Å². The smallest absolute Gasteiger partial charge is 0.115 e. The van der Waals surface area contributed by atoms with Crippen LogP contribution in [0.4, 0.5) is 0 Å². The summed E-state index contributed by atoms with van der Waals surface area (Å²) < 4.78 is 0. The van der Waals surface area contributed by atoms with Crippen LogP contribution in [0.2, 0.25) is 0 Å². The Morgan fingerprint density at radius 2 is 1.94 bits per heavy atom. The fourth-order valence-corrected chi connectivity index (χ4v) is 1.84. The summed E-state index contributed by atoms with van der Waals surface area (Å²) in [5.74, 6) is 0.258. The van der Waals surface area contributed by atoms with Crippen molar-refractivity contribution in [2.24, 2.45) is 4.99 Å². The largest absolute Gasteiger partial charge is 0.508 e. The highest BCUT2D eigenvalue weighted by Crippen LogP contribution is 2.32. The van der Waals surface area contributed by atoms with E-state index in [2.05, 4.69) is 4.99 Å². The van der Waals surface area contributed by atoms with Crippen molar-refractivity contribution in [1.82, 2.24) is 0 Å². The molecule has 16 heavy (non-hydrogen) atoms. The molecule has 3 nitrogen and oxygen atoms in total. The highest BCUT2D eigenvalue weighted by atomic mass is 16.3. The molecule has 1 aromatic rings. The molecule has 1 aromatic carbocycles. The lowest BCUT2D eigenvalue weighted by atomic mass is 9.93. The quantitative estimate of drug-likeness (QED) is 0.813. The first-order valence-corrected chi connectivity index (χ1v) is 5.32. The van der Waals surface area contributed by atoms with E-state index in [4.69, 9.17) is 5.11 Å². The molecule has 3 heteroatoms. The van der Waals surface area contributed by atoms with Crippen LogP contribution in [0, 0.1) is 0 Å². The lowest BCUT2D eigenvalue weighted by molar-refractivity contribution is 0.307. The molecule has 0 bridgehead atoms. The average molecular weight is 217 g/mol. The Balaban J connectivity index is 2.28. The number of allylic oxidation sites excluding steroid dienone is 1. The molecule has 2 rings (SSSR count). The third kappa shape index (κ3) is 1.99. The second-order valence-electron chi connectivity index (χ2n) is 4.10. The van der Waals surface area contributed by atoms with E-state index >= 15 is 0 Å². The number of phenolic OH excluding ortho intramolecular Hbond substituents is 1. The Morgan fingerprint density at radius 1 is 1.25 bits per heavy atom. The van der Waals surface area contributed by atoms with Gasteiger partial charge in [-0.15, -0.1) is 0 Å². The topological polar surface area (TPSA) is 52.8 Å². The zero-order chi connectivity index (χ0) is 11.6. The number of aliphatic hydroxyl groups excluding tert-OH is 1. The first-order valence-electron chi connectivity index (χ1n) is 5.32. The number of aliphatic hydroxyl groups is 1. The summed E-state index contributed by atoms with van der Waals surface area (Å²) in [6.45, 7) is 2.13. The Hall–Kier alpha value is -1.61. The lowest BCUT2D eigenvalue weighted by Gasteiger charge is -2.19. The average Bonchev–Trinajstić information content (AvgIpc) is 2.63. The van der Waals surface area contributed by atoms with Crippen LogP contribution < -0.4 is 0 Å². The minimum Gasteiger partial charge on any atom is -0.508 e. The van der Waals surface area contributed by atoms with E-state index in [0.717, 1.165) is 11.3 Å². The van der Waals surface area contributed by atoms with E-state index < -0.39 is 0 Å². The van der Waals surface area contributed by atoms with Crippen molar-refractivity contribution in [2.75, 3.05) is 6.61 Å². The molecule has 1 aliphatic rings. The van der Waals surface area contributed by atoms with Gasteiger partial charge in [0.1, 0.15) is 11.3 Å². The molecule has 1 heterocycles. The molecule has 0 saturated heterocycles. The first-order chi connectivity index (χ1) is 7.64. The number of phenols is 1. The van der Waals surface area contributed by atoms with Crippen LogP contribution in [-0.4, -0.2) is 22.5 Å². The monoisotopic (exact) mass is 217 g/mol. The summed E-state index contributed by atoms with van der Waals surface area (Å²) in [6.07, 6.45) is 4.55. The zero-order valence-electron chi connectivity index (χ0n) is 9.22. The van der Waals surface area contributed by atoms with E-state index in [-0.39, 0.29) is 17.9 Å². The summed E-state index contributed by atoms with van der Waals surface area (Å²) in [7, 11) is 0. The van der Waals surface area contributed by atoms with Crippen molar-refractivity contribution < 1.29 is 10.2 Å². The van der Waals surface area contributed by atoms with Crippen molar-refractivity contribution in [1.29, 1.82) is 0 Å². The number of benzene rings is 1. The zero-order valence-corrected chi connectivity index (χ0v) is 9.22. The van der Waals surface area contributed by atoms with Crippen molar-refractivity contribution >= 4 is 5.71 Å². The van der Waals surface area contributed by atoms with Gasteiger partial charge in [0, 0.05) is 18.7 Å². The number of hydrogen-bond acceptors (Lipinski definition) is 3.